The van der Waals surface area contributed by atoms with Crippen molar-refractivity contribution in [2.24, 2.45) is 5.41 Å². The third-order valence-corrected chi connectivity index (χ3v) is 4.14. The van der Waals surface area contributed by atoms with Crippen LogP contribution < -0.4 is 10.1 Å². The predicted octanol–water partition coefficient (Wildman–Crippen LogP) is 2.28. The average molecular weight is 278 g/mol. The number of carbonyl (C=O) groups excluding carboxylic acids is 1. The average Bonchev–Trinajstić information content (AvgIpc) is 2.76. The fraction of sp³-hybridized carbons (Fsp3) is 0.385. The normalized spacial score (nSPS) is 16.9. The lowest BCUT2D eigenvalue weighted by atomic mass is 9.88. The number of fused-ring (bicyclic) bond motifs is 1. The minimum Gasteiger partial charge on any atom is -0.497 e. The number of aromatic nitrogens is 1. The van der Waals surface area contributed by atoms with Crippen LogP contribution in [0.2, 0.25) is 0 Å². The summed E-state index contributed by atoms with van der Waals surface area (Å²) in [5.74, 6) is 0.748. The summed E-state index contributed by atoms with van der Waals surface area (Å²) in [7, 11) is 1.63. The zero-order chi connectivity index (χ0) is 13.5. The second-order valence-corrected chi connectivity index (χ2v) is 5.89. The second-order valence-electron chi connectivity index (χ2n) is 4.86. The van der Waals surface area contributed by atoms with Gasteiger partial charge in [-0.2, -0.15) is 0 Å². The zero-order valence-corrected chi connectivity index (χ0v) is 11.5. The van der Waals surface area contributed by atoms with Crippen molar-refractivity contribution in [3.05, 3.63) is 18.2 Å². The molecule has 1 aromatic heterocycles. The number of thiazole rings is 1. The van der Waals surface area contributed by atoms with E-state index in [0.717, 1.165) is 16.0 Å². The van der Waals surface area contributed by atoms with Crippen LogP contribution in [0.5, 0.6) is 5.75 Å². The van der Waals surface area contributed by atoms with Crippen molar-refractivity contribution in [2.75, 3.05) is 25.6 Å². The molecular formula is C13H14N2O3S. The molecule has 1 aliphatic heterocycles. The SMILES string of the molecule is COc1ccc2nc(NC(=O)C3(C)COC3)sc2c1. The number of nitrogens with zero attached hydrogens (tertiary/aromatic N) is 1. The van der Waals surface area contributed by atoms with Crippen LogP contribution in [0, 0.1) is 5.41 Å². The maximum Gasteiger partial charge on any atom is 0.236 e. The van der Waals surface area contributed by atoms with E-state index >= 15 is 0 Å². The highest BCUT2D eigenvalue weighted by Crippen LogP contribution is 2.32. The molecule has 6 heteroatoms. The van der Waals surface area contributed by atoms with Crippen LogP contribution >= 0.6 is 11.3 Å². The van der Waals surface area contributed by atoms with Crippen LogP contribution in [0.1, 0.15) is 6.92 Å². The molecule has 1 fully saturated rings. The van der Waals surface area contributed by atoms with Crippen molar-refractivity contribution in [1.29, 1.82) is 0 Å². The third-order valence-electron chi connectivity index (χ3n) is 3.21. The molecule has 1 saturated heterocycles. The minimum absolute atomic E-state index is 0.0372. The molecular weight excluding hydrogens is 264 g/mol. The molecule has 0 spiro atoms. The summed E-state index contributed by atoms with van der Waals surface area (Å²) in [6.07, 6.45) is 0. The molecule has 2 heterocycles. The second kappa shape index (κ2) is 4.47. The number of anilines is 1. The van der Waals surface area contributed by atoms with Gasteiger partial charge in [-0.3, -0.25) is 4.79 Å². The van der Waals surface area contributed by atoms with Gasteiger partial charge in [-0.25, -0.2) is 4.98 Å². The van der Waals surface area contributed by atoms with Gasteiger partial charge in [0.15, 0.2) is 5.13 Å². The van der Waals surface area contributed by atoms with Gasteiger partial charge in [-0.15, -0.1) is 0 Å². The molecule has 1 aromatic carbocycles. The van der Waals surface area contributed by atoms with E-state index in [1.165, 1.54) is 11.3 Å². The van der Waals surface area contributed by atoms with Crippen LogP contribution in [-0.4, -0.2) is 31.2 Å². The number of ether oxygens (including phenoxy) is 2. The Morgan fingerprint density at radius 2 is 2.32 bits per heavy atom. The third kappa shape index (κ3) is 2.17. The fourth-order valence-electron chi connectivity index (χ4n) is 1.87. The topological polar surface area (TPSA) is 60.5 Å². The molecule has 0 radical (unpaired) electrons. The molecule has 2 aromatic rings. The smallest absolute Gasteiger partial charge is 0.236 e. The van der Waals surface area contributed by atoms with Gasteiger partial charge in [0.2, 0.25) is 5.91 Å². The van der Waals surface area contributed by atoms with E-state index < -0.39 is 5.41 Å². The largest absolute Gasteiger partial charge is 0.497 e. The van der Waals surface area contributed by atoms with Crippen molar-refractivity contribution >= 4 is 32.6 Å². The summed E-state index contributed by atoms with van der Waals surface area (Å²) < 4.78 is 11.3. The molecule has 5 nitrogen and oxygen atoms in total. The summed E-state index contributed by atoms with van der Waals surface area (Å²) in [5.41, 5.74) is 0.436. The molecule has 1 aliphatic rings. The Hall–Kier alpha value is -1.66. The maximum atomic E-state index is 12.1. The fourth-order valence-corrected chi connectivity index (χ4v) is 2.76. The summed E-state index contributed by atoms with van der Waals surface area (Å²) in [4.78, 5) is 16.5. The van der Waals surface area contributed by atoms with Crippen molar-refractivity contribution in [3.8, 4) is 5.75 Å². The monoisotopic (exact) mass is 278 g/mol. The molecule has 0 aliphatic carbocycles. The Morgan fingerprint density at radius 3 is 2.95 bits per heavy atom. The first-order valence-corrected chi connectivity index (χ1v) is 6.76. The van der Waals surface area contributed by atoms with Crippen molar-refractivity contribution in [1.82, 2.24) is 4.98 Å². The van der Waals surface area contributed by atoms with Gasteiger partial charge in [-0.05, 0) is 25.1 Å². The molecule has 19 heavy (non-hydrogen) atoms. The predicted molar refractivity (Wildman–Crippen MR) is 73.7 cm³/mol. The Balaban J connectivity index is 1.83. The summed E-state index contributed by atoms with van der Waals surface area (Å²) in [5, 5.41) is 3.47. The number of nitrogens with one attached hydrogen (secondary N) is 1. The highest BCUT2D eigenvalue weighted by Gasteiger charge is 2.41. The van der Waals surface area contributed by atoms with E-state index in [4.69, 9.17) is 9.47 Å². The van der Waals surface area contributed by atoms with Crippen molar-refractivity contribution in [2.45, 2.75) is 6.92 Å². The molecule has 0 bridgehead atoms. The maximum absolute atomic E-state index is 12.1. The van der Waals surface area contributed by atoms with Gasteiger partial charge < -0.3 is 14.8 Å². The Morgan fingerprint density at radius 1 is 1.53 bits per heavy atom. The van der Waals surface area contributed by atoms with Crippen LogP contribution in [0.15, 0.2) is 18.2 Å². The van der Waals surface area contributed by atoms with Crippen LogP contribution in [-0.2, 0) is 9.53 Å². The molecule has 1 N–H and O–H groups in total. The number of hydrogen-bond donors (Lipinski definition) is 1. The van der Waals surface area contributed by atoms with E-state index in [1.54, 1.807) is 7.11 Å². The van der Waals surface area contributed by atoms with E-state index in [9.17, 15) is 4.79 Å². The Kier molecular flexibility index (Phi) is 2.91. The highest BCUT2D eigenvalue weighted by atomic mass is 32.1. The van der Waals surface area contributed by atoms with Crippen molar-refractivity contribution < 1.29 is 14.3 Å². The first kappa shape index (κ1) is 12.4. The number of benzene rings is 1. The Labute approximate surface area is 114 Å². The van der Waals surface area contributed by atoms with Gasteiger partial charge in [0.05, 0.1) is 36.0 Å². The first-order chi connectivity index (χ1) is 9.10. The van der Waals surface area contributed by atoms with E-state index in [-0.39, 0.29) is 5.91 Å². The number of rotatable bonds is 3. The number of amides is 1. The zero-order valence-electron chi connectivity index (χ0n) is 10.7. The molecule has 0 atom stereocenters. The van der Waals surface area contributed by atoms with Crippen LogP contribution in [0.3, 0.4) is 0 Å². The van der Waals surface area contributed by atoms with Gasteiger partial charge in [0.1, 0.15) is 5.75 Å². The molecule has 1 amide bonds. The first-order valence-electron chi connectivity index (χ1n) is 5.94. The van der Waals surface area contributed by atoms with Gasteiger partial charge in [0, 0.05) is 0 Å². The lowest BCUT2D eigenvalue weighted by Gasteiger charge is -2.35. The van der Waals surface area contributed by atoms with Crippen LogP contribution in [0.4, 0.5) is 5.13 Å². The molecule has 100 valence electrons. The minimum atomic E-state index is -0.421. The summed E-state index contributed by atoms with van der Waals surface area (Å²) >= 11 is 1.44. The summed E-state index contributed by atoms with van der Waals surface area (Å²) in [6, 6.07) is 5.65. The van der Waals surface area contributed by atoms with Crippen LogP contribution in [0.25, 0.3) is 10.2 Å². The lowest BCUT2D eigenvalue weighted by molar-refractivity contribution is -0.151. The Bertz CT molecular complexity index is 634. The van der Waals surface area contributed by atoms with Crippen molar-refractivity contribution in [3.63, 3.8) is 0 Å². The van der Waals surface area contributed by atoms with Gasteiger partial charge >= 0.3 is 0 Å². The van der Waals surface area contributed by atoms with Gasteiger partial charge in [0.25, 0.3) is 0 Å². The van der Waals surface area contributed by atoms with E-state index in [1.807, 2.05) is 25.1 Å². The molecule has 3 rings (SSSR count). The van der Waals surface area contributed by atoms with Gasteiger partial charge in [-0.1, -0.05) is 11.3 Å². The van der Waals surface area contributed by atoms with E-state index in [2.05, 4.69) is 10.3 Å². The highest BCUT2D eigenvalue weighted by molar-refractivity contribution is 7.22. The number of carbonyl (C=O) groups is 1. The summed E-state index contributed by atoms with van der Waals surface area (Å²) in [6.45, 7) is 2.83. The number of hydrogen-bond acceptors (Lipinski definition) is 5. The lowest BCUT2D eigenvalue weighted by Crippen LogP contribution is -2.49. The number of methoxy groups -OCH3 is 1. The molecule has 0 unspecified atom stereocenters. The van der Waals surface area contributed by atoms with E-state index in [0.29, 0.717) is 18.3 Å². The molecule has 0 saturated carbocycles. The quantitative estimate of drug-likeness (QED) is 0.935. The standard InChI is InChI=1S/C13H14N2O3S/c1-13(6-18-7-13)11(16)15-12-14-9-4-3-8(17-2)5-10(9)19-12/h3-5H,6-7H2,1-2H3,(H,14,15,16).